The van der Waals surface area contributed by atoms with Crippen LogP contribution in [0.15, 0.2) is 9.98 Å². The van der Waals surface area contributed by atoms with Gasteiger partial charge in [0.05, 0.1) is 25.4 Å². The van der Waals surface area contributed by atoms with E-state index in [1.807, 2.05) is 0 Å². The quantitative estimate of drug-likeness (QED) is 0.0473. The van der Waals surface area contributed by atoms with Gasteiger partial charge in [0.15, 0.2) is 30.1 Å². The van der Waals surface area contributed by atoms with Crippen LogP contribution in [0, 0.1) is 0 Å². The van der Waals surface area contributed by atoms with Crippen LogP contribution in [0.1, 0.15) is 6.92 Å². The Morgan fingerprint density at radius 2 is 1.38 bits per heavy atom. The first kappa shape index (κ1) is 40.7. The zero-order valence-corrected chi connectivity index (χ0v) is 27.1. The van der Waals surface area contributed by atoms with Crippen molar-refractivity contribution in [2.24, 2.45) is 32.9 Å². The molecule has 19 N–H and O–H groups in total. The second-order valence-corrected chi connectivity index (χ2v) is 13.5. The Morgan fingerprint density at radius 1 is 0.812 bits per heavy atom. The van der Waals surface area contributed by atoms with Gasteiger partial charge in [-0.25, -0.2) is 19.1 Å². The minimum atomic E-state index is -5.52. The van der Waals surface area contributed by atoms with Crippen molar-refractivity contribution in [1.29, 1.82) is 0 Å². The molecule has 15 atom stereocenters. The van der Waals surface area contributed by atoms with Gasteiger partial charge in [-0.1, -0.05) is 0 Å². The van der Waals surface area contributed by atoms with E-state index in [0.29, 0.717) is 0 Å². The second kappa shape index (κ2) is 15.7. The predicted octanol–water partition coefficient (Wildman–Crippen LogP) is -8.13. The molecule has 0 bridgehead atoms. The minimum Gasteiger partial charge on any atom is -0.394 e. The van der Waals surface area contributed by atoms with E-state index in [9.17, 15) is 59.3 Å². The molecule has 3 fully saturated rings. The highest BCUT2D eigenvalue weighted by atomic mass is 31.2. The molecule has 2 saturated heterocycles. The first-order valence-electron chi connectivity index (χ1n) is 14.0. The van der Waals surface area contributed by atoms with E-state index in [1.54, 1.807) is 0 Å². The highest BCUT2D eigenvalue weighted by Crippen LogP contribution is 2.50. The Morgan fingerprint density at radius 3 is 1.83 bits per heavy atom. The maximum atomic E-state index is 12.1. The van der Waals surface area contributed by atoms with E-state index < -0.39 is 132 Å². The fourth-order valence-corrected chi connectivity index (χ4v) is 7.12. The third-order valence-corrected chi connectivity index (χ3v) is 9.07. The summed E-state index contributed by atoms with van der Waals surface area (Å²) in [6.45, 7) is -0.911. The molecule has 48 heavy (non-hydrogen) atoms. The summed E-state index contributed by atoms with van der Waals surface area (Å²) in [5.74, 6) is -1.41. The second-order valence-electron chi connectivity index (χ2n) is 11.2. The van der Waals surface area contributed by atoms with Crippen molar-refractivity contribution >= 4 is 27.6 Å². The zero-order chi connectivity index (χ0) is 36.5. The van der Waals surface area contributed by atoms with Gasteiger partial charge < -0.3 is 97.4 Å². The molecule has 0 aromatic rings. The lowest BCUT2D eigenvalue weighted by Gasteiger charge is -2.46. The molecular formula is C21H43N7O18P2. The summed E-state index contributed by atoms with van der Waals surface area (Å²) in [6.07, 6.45) is -20.5. The van der Waals surface area contributed by atoms with E-state index >= 15 is 0 Å². The van der Waals surface area contributed by atoms with Crippen molar-refractivity contribution in [3.8, 4) is 0 Å². The van der Waals surface area contributed by atoms with Gasteiger partial charge >= 0.3 is 15.6 Å². The molecule has 27 heteroatoms. The highest BCUT2D eigenvalue weighted by molar-refractivity contribution is 7.46. The van der Waals surface area contributed by atoms with E-state index in [4.69, 9.17) is 50.9 Å². The molecule has 0 radical (unpaired) electrons. The van der Waals surface area contributed by atoms with Crippen LogP contribution in [-0.4, -0.2) is 174 Å². The van der Waals surface area contributed by atoms with Gasteiger partial charge in [0.25, 0.3) is 0 Å². The molecule has 0 amide bonds. The van der Waals surface area contributed by atoms with Gasteiger partial charge in [-0.05, 0) is 14.0 Å². The van der Waals surface area contributed by atoms with E-state index in [1.165, 1.54) is 14.0 Å². The van der Waals surface area contributed by atoms with Crippen LogP contribution in [0.3, 0.4) is 0 Å². The number of ether oxygens (including phenoxy) is 4. The number of nitrogens with zero attached hydrogens (tertiary/aromatic N) is 2. The first-order chi connectivity index (χ1) is 22.1. The normalized spacial score (nSPS) is 42.3. The van der Waals surface area contributed by atoms with Crippen molar-refractivity contribution in [2.75, 3.05) is 20.3 Å². The van der Waals surface area contributed by atoms with Gasteiger partial charge in [-0.2, -0.15) is 0 Å². The number of phosphoric acid groups is 2. The SMILES string of the molecule is CNC1C(OC2C(OC3C(O)C(OP(=O)(O)O)C(N=C(N)N)C(O)C3N=C(N)N)OC(C)C2(CO)OP(=O)(O)O)OC(CO)C(O)C1O. The summed E-state index contributed by atoms with van der Waals surface area (Å²) in [5.41, 5.74) is 19.3. The molecule has 280 valence electrons. The Balaban J connectivity index is 2.15. The van der Waals surface area contributed by atoms with Crippen LogP contribution >= 0.6 is 15.6 Å². The lowest BCUT2D eigenvalue weighted by atomic mass is 9.81. The third kappa shape index (κ3) is 8.96. The number of aliphatic imine (C=N–C) groups is 2. The predicted molar refractivity (Wildman–Crippen MR) is 156 cm³/mol. The number of hydrogen-bond acceptors (Lipinski definition) is 17. The fourth-order valence-electron chi connectivity index (χ4n) is 5.80. The number of rotatable bonds is 13. The van der Waals surface area contributed by atoms with Crippen LogP contribution in [0.5, 0.6) is 0 Å². The molecule has 0 aromatic carbocycles. The lowest BCUT2D eigenvalue weighted by Crippen LogP contribution is -2.67. The zero-order valence-electron chi connectivity index (χ0n) is 25.3. The summed E-state index contributed by atoms with van der Waals surface area (Å²) >= 11 is 0. The summed E-state index contributed by atoms with van der Waals surface area (Å²) in [6, 6.07) is -4.93. The van der Waals surface area contributed by atoms with Crippen molar-refractivity contribution in [1.82, 2.24) is 5.32 Å². The summed E-state index contributed by atoms with van der Waals surface area (Å²) in [4.78, 5) is 46.2. The molecule has 0 aromatic heterocycles. The summed E-state index contributed by atoms with van der Waals surface area (Å²) in [7, 11) is -9.66. The topological polar surface area (TPSA) is 433 Å². The van der Waals surface area contributed by atoms with E-state index in [-0.39, 0.29) is 0 Å². The van der Waals surface area contributed by atoms with Gasteiger partial charge in [0, 0.05) is 0 Å². The lowest BCUT2D eigenvalue weighted by molar-refractivity contribution is -0.316. The average Bonchev–Trinajstić information content (AvgIpc) is 3.20. The number of hydrogen-bond donors (Lipinski definition) is 15. The molecule has 3 rings (SSSR count). The van der Waals surface area contributed by atoms with E-state index in [2.05, 4.69) is 15.3 Å². The molecule has 0 spiro atoms. The Bertz CT molecular complexity index is 1250. The maximum absolute atomic E-state index is 12.1. The molecule has 15 unspecified atom stereocenters. The largest absolute Gasteiger partial charge is 0.470 e. The van der Waals surface area contributed by atoms with Crippen LogP contribution in [0.4, 0.5) is 0 Å². The van der Waals surface area contributed by atoms with Crippen molar-refractivity contribution in [3.63, 3.8) is 0 Å². The van der Waals surface area contributed by atoms with Gasteiger partial charge in [0.2, 0.25) is 0 Å². The standard InChI is InChI=1S/C21H43N7O18P2/c1-5-21(4-30,46-48(38,39)40)16(44-17-9(26-2)12(33)10(31)6(3-29)42-17)18(41-5)43-14-7(27-19(22)23)11(32)8(28-20(24)25)15(13(14)34)45-47(35,36)37/h5-18,26,29-34H,3-4H2,1-2H3,(H4,22,23,27)(H4,24,25,28)(H2,35,36,37)(H2,38,39,40). The maximum Gasteiger partial charge on any atom is 0.470 e. The van der Waals surface area contributed by atoms with Gasteiger partial charge in [-0.3, -0.25) is 9.05 Å². The van der Waals surface area contributed by atoms with Crippen LogP contribution in [0.2, 0.25) is 0 Å². The minimum absolute atomic E-state index is 0.698. The average molecular weight is 744 g/mol. The molecule has 3 aliphatic rings. The van der Waals surface area contributed by atoms with Crippen LogP contribution in [-0.2, 0) is 37.1 Å². The monoisotopic (exact) mass is 743 g/mol. The number of aliphatic hydroxyl groups is 6. The molecular weight excluding hydrogens is 700 g/mol. The third-order valence-electron chi connectivity index (χ3n) is 7.98. The molecule has 1 aliphatic carbocycles. The van der Waals surface area contributed by atoms with Crippen LogP contribution in [0.25, 0.3) is 0 Å². The Hall–Kier alpha value is -1.68. The molecule has 2 aliphatic heterocycles. The molecule has 25 nitrogen and oxygen atoms in total. The Labute approximate surface area is 271 Å². The number of nitrogens with two attached hydrogens (primary N) is 4. The van der Waals surface area contributed by atoms with Crippen molar-refractivity contribution in [2.45, 2.75) is 98.2 Å². The van der Waals surface area contributed by atoms with Crippen molar-refractivity contribution in [3.05, 3.63) is 0 Å². The number of likely N-dealkylation sites (N-methyl/N-ethyl adjacent to an activating group) is 1. The summed E-state index contributed by atoms with van der Waals surface area (Å²) < 4.78 is 56.8. The number of nitrogens with one attached hydrogen (secondary N) is 1. The highest BCUT2D eigenvalue weighted by Gasteiger charge is 2.64. The number of aliphatic hydroxyl groups excluding tert-OH is 6. The molecule has 2 heterocycles. The van der Waals surface area contributed by atoms with Gasteiger partial charge in [-0.15, -0.1) is 0 Å². The van der Waals surface area contributed by atoms with Crippen molar-refractivity contribution < 1.29 is 87.3 Å². The van der Waals surface area contributed by atoms with Gasteiger partial charge in [0.1, 0.15) is 60.9 Å². The summed E-state index contributed by atoms with van der Waals surface area (Å²) in [5, 5.41) is 66.4. The fraction of sp³-hybridized carbons (Fsp3) is 0.905. The van der Waals surface area contributed by atoms with E-state index in [0.717, 1.165) is 0 Å². The number of phosphoric ester groups is 2. The number of guanidine groups is 2. The molecule has 1 saturated carbocycles. The smallest absolute Gasteiger partial charge is 0.394 e. The first-order valence-corrected chi connectivity index (χ1v) is 17.1. The van der Waals surface area contributed by atoms with Crippen LogP contribution < -0.4 is 28.3 Å². The Kier molecular flexibility index (Phi) is 13.3.